The Morgan fingerprint density at radius 3 is 2.52 bits per heavy atom. The van der Waals surface area contributed by atoms with E-state index in [9.17, 15) is 13.9 Å². The highest BCUT2D eigenvalue weighted by atomic mass is 19.1. The molecule has 1 heterocycles. The SMILES string of the molecule is CC(O)(CNC1CCN(CC2CC2)CC1)c1ccc(F)cc1F. The van der Waals surface area contributed by atoms with E-state index in [0.29, 0.717) is 6.04 Å². The first-order valence-corrected chi connectivity index (χ1v) is 8.58. The smallest absolute Gasteiger partial charge is 0.132 e. The van der Waals surface area contributed by atoms with Crippen LogP contribution in [0, 0.1) is 17.6 Å². The second-order valence-electron chi connectivity index (χ2n) is 7.30. The van der Waals surface area contributed by atoms with Crippen molar-refractivity contribution < 1.29 is 13.9 Å². The minimum Gasteiger partial charge on any atom is -0.384 e. The van der Waals surface area contributed by atoms with Crippen molar-refractivity contribution in [2.75, 3.05) is 26.2 Å². The number of piperidine rings is 1. The van der Waals surface area contributed by atoms with E-state index in [1.807, 2.05) is 0 Å². The molecule has 23 heavy (non-hydrogen) atoms. The number of nitrogens with zero attached hydrogens (tertiary/aromatic N) is 1. The molecule has 0 radical (unpaired) electrons. The lowest BCUT2D eigenvalue weighted by molar-refractivity contribution is 0.0464. The van der Waals surface area contributed by atoms with Crippen LogP contribution in [0.4, 0.5) is 8.78 Å². The maximum atomic E-state index is 13.9. The highest BCUT2D eigenvalue weighted by molar-refractivity contribution is 5.24. The molecule has 0 bridgehead atoms. The first-order chi connectivity index (χ1) is 10.9. The molecule has 3 rings (SSSR count). The largest absolute Gasteiger partial charge is 0.384 e. The lowest BCUT2D eigenvalue weighted by atomic mass is 9.94. The average Bonchev–Trinajstić information content (AvgIpc) is 3.30. The number of hydrogen-bond donors (Lipinski definition) is 2. The van der Waals surface area contributed by atoms with E-state index in [-0.39, 0.29) is 12.1 Å². The Morgan fingerprint density at radius 1 is 1.22 bits per heavy atom. The maximum Gasteiger partial charge on any atom is 0.132 e. The summed E-state index contributed by atoms with van der Waals surface area (Å²) in [7, 11) is 0. The van der Waals surface area contributed by atoms with Gasteiger partial charge in [-0.1, -0.05) is 6.07 Å². The average molecular weight is 324 g/mol. The van der Waals surface area contributed by atoms with Crippen LogP contribution >= 0.6 is 0 Å². The van der Waals surface area contributed by atoms with Crippen molar-refractivity contribution in [3.63, 3.8) is 0 Å². The lowest BCUT2D eigenvalue weighted by Gasteiger charge is -2.34. The van der Waals surface area contributed by atoms with E-state index in [0.717, 1.165) is 37.9 Å². The number of hydrogen-bond acceptors (Lipinski definition) is 3. The molecule has 0 amide bonds. The fourth-order valence-corrected chi connectivity index (χ4v) is 3.35. The van der Waals surface area contributed by atoms with Gasteiger partial charge in [0.2, 0.25) is 0 Å². The summed E-state index contributed by atoms with van der Waals surface area (Å²) in [4.78, 5) is 2.52. The van der Waals surface area contributed by atoms with Gasteiger partial charge >= 0.3 is 0 Å². The third-order valence-electron chi connectivity index (χ3n) is 5.05. The Kier molecular flexibility index (Phi) is 4.99. The number of nitrogens with one attached hydrogen (secondary N) is 1. The summed E-state index contributed by atoms with van der Waals surface area (Å²) in [5, 5.41) is 13.9. The highest BCUT2D eigenvalue weighted by Crippen LogP contribution is 2.30. The summed E-state index contributed by atoms with van der Waals surface area (Å²) in [5.41, 5.74) is -1.21. The van der Waals surface area contributed by atoms with Gasteiger partial charge in [0.05, 0.1) is 0 Å². The molecule has 1 aromatic rings. The lowest BCUT2D eigenvalue weighted by Crippen LogP contribution is -2.47. The molecule has 5 heteroatoms. The van der Waals surface area contributed by atoms with E-state index in [2.05, 4.69) is 10.2 Å². The fourth-order valence-electron chi connectivity index (χ4n) is 3.35. The van der Waals surface area contributed by atoms with Gasteiger partial charge < -0.3 is 15.3 Å². The summed E-state index contributed by atoms with van der Waals surface area (Å²) in [6.45, 7) is 5.23. The van der Waals surface area contributed by atoms with Gasteiger partial charge in [-0.25, -0.2) is 8.78 Å². The number of likely N-dealkylation sites (tertiary alicyclic amines) is 1. The van der Waals surface area contributed by atoms with Gasteiger partial charge in [0.15, 0.2) is 0 Å². The molecule has 1 saturated heterocycles. The van der Waals surface area contributed by atoms with Crippen LogP contribution in [0.25, 0.3) is 0 Å². The van der Waals surface area contributed by atoms with E-state index in [4.69, 9.17) is 0 Å². The molecular formula is C18H26F2N2O. The second kappa shape index (κ2) is 6.83. The van der Waals surface area contributed by atoms with Crippen LogP contribution in [0.5, 0.6) is 0 Å². The third kappa shape index (κ3) is 4.49. The summed E-state index contributed by atoms with van der Waals surface area (Å²) in [5.74, 6) is -0.407. The Morgan fingerprint density at radius 2 is 1.91 bits per heavy atom. The van der Waals surface area contributed by atoms with Crippen molar-refractivity contribution in [2.45, 2.75) is 44.2 Å². The van der Waals surface area contributed by atoms with Gasteiger partial charge in [-0.15, -0.1) is 0 Å². The minimum absolute atomic E-state index is 0.137. The standard InChI is InChI=1S/C18H26F2N2O/c1-18(23,16-5-4-14(19)10-17(16)20)12-21-15-6-8-22(9-7-15)11-13-2-3-13/h4-5,10,13,15,21,23H,2-3,6-9,11-12H2,1H3. The Bertz CT molecular complexity index is 538. The van der Waals surface area contributed by atoms with Crippen LogP contribution in [0.3, 0.4) is 0 Å². The van der Waals surface area contributed by atoms with Crippen molar-refractivity contribution in [3.05, 3.63) is 35.4 Å². The van der Waals surface area contributed by atoms with Crippen LogP contribution < -0.4 is 5.32 Å². The molecule has 128 valence electrons. The van der Waals surface area contributed by atoms with Crippen LogP contribution in [0.15, 0.2) is 18.2 Å². The van der Waals surface area contributed by atoms with E-state index in [1.165, 1.54) is 31.5 Å². The predicted molar refractivity (Wildman–Crippen MR) is 86.1 cm³/mol. The van der Waals surface area contributed by atoms with Crippen molar-refractivity contribution in [2.24, 2.45) is 5.92 Å². The monoisotopic (exact) mass is 324 g/mol. The molecule has 0 spiro atoms. The van der Waals surface area contributed by atoms with Crippen LogP contribution in [-0.2, 0) is 5.60 Å². The van der Waals surface area contributed by atoms with E-state index in [1.54, 1.807) is 6.92 Å². The predicted octanol–water partition coefficient (Wildman–Crippen LogP) is 2.64. The number of aliphatic hydroxyl groups is 1. The minimum atomic E-state index is -1.34. The topological polar surface area (TPSA) is 35.5 Å². The van der Waals surface area contributed by atoms with Crippen molar-refractivity contribution in [3.8, 4) is 0 Å². The van der Waals surface area contributed by atoms with E-state index >= 15 is 0 Å². The molecule has 3 nitrogen and oxygen atoms in total. The summed E-state index contributed by atoms with van der Waals surface area (Å²) in [6, 6.07) is 3.68. The molecule has 1 aromatic carbocycles. The number of rotatable bonds is 6. The number of halogens is 2. The summed E-state index contributed by atoms with van der Waals surface area (Å²) in [6.07, 6.45) is 4.86. The van der Waals surface area contributed by atoms with Crippen LogP contribution in [0.1, 0.15) is 38.2 Å². The maximum absolute atomic E-state index is 13.9. The zero-order valence-corrected chi connectivity index (χ0v) is 13.7. The van der Waals surface area contributed by atoms with Crippen LogP contribution in [-0.4, -0.2) is 42.2 Å². The van der Waals surface area contributed by atoms with Gasteiger partial charge in [-0.2, -0.15) is 0 Å². The van der Waals surface area contributed by atoms with Gasteiger partial charge in [0, 0.05) is 30.8 Å². The van der Waals surface area contributed by atoms with Gasteiger partial charge in [0.25, 0.3) is 0 Å². The fraction of sp³-hybridized carbons (Fsp3) is 0.667. The highest BCUT2D eigenvalue weighted by Gasteiger charge is 2.30. The second-order valence-corrected chi connectivity index (χ2v) is 7.30. The molecular weight excluding hydrogens is 298 g/mol. The molecule has 1 atom stereocenters. The molecule has 1 aliphatic heterocycles. The molecule has 1 aliphatic carbocycles. The quantitative estimate of drug-likeness (QED) is 0.844. The van der Waals surface area contributed by atoms with Gasteiger partial charge in [0.1, 0.15) is 17.2 Å². The summed E-state index contributed by atoms with van der Waals surface area (Å²) >= 11 is 0. The molecule has 0 aromatic heterocycles. The number of benzene rings is 1. The van der Waals surface area contributed by atoms with Gasteiger partial charge in [-0.05, 0) is 57.7 Å². The van der Waals surface area contributed by atoms with Crippen molar-refractivity contribution in [1.82, 2.24) is 10.2 Å². The summed E-state index contributed by atoms with van der Waals surface area (Å²) < 4.78 is 26.9. The Labute approximate surface area is 136 Å². The van der Waals surface area contributed by atoms with Crippen molar-refractivity contribution >= 4 is 0 Å². The van der Waals surface area contributed by atoms with Gasteiger partial charge in [-0.3, -0.25) is 0 Å². The zero-order valence-electron chi connectivity index (χ0n) is 13.7. The third-order valence-corrected chi connectivity index (χ3v) is 5.05. The molecule has 2 fully saturated rings. The molecule has 2 N–H and O–H groups in total. The van der Waals surface area contributed by atoms with E-state index < -0.39 is 17.2 Å². The van der Waals surface area contributed by atoms with Crippen LogP contribution in [0.2, 0.25) is 0 Å². The molecule has 1 saturated carbocycles. The Hall–Kier alpha value is -1.04. The Balaban J connectivity index is 1.49. The molecule has 2 aliphatic rings. The van der Waals surface area contributed by atoms with Crippen molar-refractivity contribution in [1.29, 1.82) is 0 Å². The zero-order chi connectivity index (χ0) is 16.4. The first-order valence-electron chi connectivity index (χ1n) is 8.58. The normalized spacial score (nSPS) is 23.0. The first kappa shape index (κ1) is 16.8. The molecule has 1 unspecified atom stereocenters.